The standard InChI is InChI=1S/C16H32N2O2/c1-12-6-8-14(9-7-12)18(5)15(20)17-11-16(3,4)10-13(2)19/h12-14,19H,6-11H2,1-5H3,(H,17,20). The van der Waals surface area contributed by atoms with Crippen molar-refractivity contribution in [3.05, 3.63) is 0 Å². The summed E-state index contributed by atoms with van der Waals surface area (Å²) in [6.45, 7) is 8.82. The van der Waals surface area contributed by atoms with Crippen molar-refractivity contribution in [2.75, 3.05) is 13.6 Å². The first-order chi connectivity index (χ1) is 9.21. The van der Waals surface area contributed by atoms with Crippen LogP contribution in [0.2, 0.25) is 0 Å². The van der Waals surface area contributed by atoms with Crippen molar-refractivity contribution in [2.45, 2.75) is 71.9 Å². The second-order valence-corrected chi connectivity index (χ2v) is 7.40. The van der Waals surface area contributed by atoms with Crippen LogP contribution in [0.1, 0.15) is 59.8 Å². The molecule has 1 atom stereocenters. The van der Waals surface area contributed by atoms with Crippen LogP contribution in [0, 0.1) is 11.3 Å². The smallest absolute Gasteiger partial charge is 0.317 e. The molecule has 0 aromatic carbocycles. The zero-order chi connectivity index (χ0) is 15.3. The first-order valence-corrected chi connectivity index (χ1v) is 7.90. The molecule has 1 rings (SSSR count). The summed E-state index contributed by atoms with van der Waals surface area (Å²) in [6.07, 6.45) is 5.02. The van der Waals surface area contributed by atoms with Crippen molar-refractivity contribution < 1.29 is 9.90 Å². The topological polar surface area (TPSA) is 52.6 Å². The van der Waals surface area contributed by atoms with E-state index in [0.29, 0.717) is 19.0 Å². The molecule has 1 unspecified atom stereocenters. The molecule has 0 aliphatic heterocycles. The Morgan fingerprint density at radius 2 is 1.90 bits per heavy atom. The molecule has 20 heavy (non-hydrogen) atoms. The van der Waals surface area contributed by atoms with Gasteiger partial charge in [0.15, 0.2) is 0 Å². The molecule has 1 aliphatic carbocycles. The molecule has 0 spiro atoms. The summed E-state index contributed by atoms with van der Waals surface area (Å²) < 4.78 is 0. The molecule has 0 aromatic heterocycles. The monoisotopic (exact) mass is 284 g/mol. The Labute approximate surface area is 123 Å². The van der Waals surface area contributed by atoms with Gasteiger partial charge in [-0.1, -0.05) is 20.8 Å². The maximum Gasteiger partial charge on any atom is 0.317 e. The number of aliphatic hydroxyl groups excluding tert-OH is 1. The highest BCUT2D eigenvalue weighted by molar-refractivity contribution is 5.74. The Morgan fingerprint density at radius 1 is 1.35 bits per heavy atom. The van der Waals surface area contributed by atoms with Gasteiger partial charge in [0.05, 0.1) is 6.10 Å². The van der Waals surface area contributed by atoms with Gasteiger partial charge in [-0.05, 0) is 50.4 Å². The number of urea groups is 1. The molecular formula is C16H32N2O2. The number of amides is 2. The van der Waals surface area contributed by atoms with E-state index in [9.17, 15) is 9.90 Å². The third kappa shape index (κ3) is 5.70. The van der Waals surface area contributed by atoms with Crippen LogP contribution in [0.25, 0.3) is 0 Å². The van der Waals surface area contributed by atoms with Crippen LogP contribution in [0.15, 0.2) is 0 Å². The van der Waals surface area contributed by atoms with Gasteiger partial charge in [-0.25, -0.2) is 4.79 Å². The zero-order valence-corrected chi connectivity index (χ0v) is 13.8. The third-order valence-electron chi connectivity index (χ3n) is 4.42. The zero-order valence-electron chi connectivity index (χ0n) is 13.8. The number of aliphatic hydroxyl groups is 1. The lowest BCUT2D eigenvalue weighted by Crippen LogP contribution is -2.47. The van der Waals surface area contributed by atoms with Crippen molar-refractivity contribution in [3.63, 3.8) is 0 Å². The van der Waals surface area contributed by atoms with E-state index in [0.717, 1.165) is 18.8 Å². The molecule has 2 amide bonds. The van der Waals surface area contributed by atoms with Gasteiger partial charge >= 0.3 is 6.03 Å². The lowest BCUT2D eigenvalue weighted by Gasteiger charge is -2.34. The highest BCUT2D eigenvalue weighted by Gasteiger charge is 2.26. The normalized spacial score (nSPS) is 25.1. The molecule has 0 saturated heterocycles. The fraction of sp³-hybridized carbons (Fsp3) is 0.938. The predicted octanol–water partition coefficient (Wildman–Crippen LogP) is 3.00. The summed E-state index contributed by atoms with van der Waals surface area (Å²) in [5.74, 6) is 0.799. The minimum atomic E-state index is -0.334. The largest absolute Gasteiger partial charge is 0.393 e. The molecule has 1 saturated carbocycles. The predicted molar refractivity (Wildman–Crippen MR) is 82.7 cm³/mol. The van der Waals surface area contributed by atoms with Gasteiger partial charge in [0.2, 0.25) is 0 Å². The molecule has 1 fully saturated rings. The maximum absolute atomic E-state index is 12.2. The summed E-state index contributed by atoms with van der Waals surface area (Å²) in [5.41, 5.74) is -0.0776. The minimum Gasteiger partial charge on any atom is -0.393 e. The van der Waals surface area contributed by atoms with Gasteiger partial charge in [0, 0.05) is 19.6 Å². The van der Waals surface area contributed by atoms with E-state index in [1.165, 1.54) is 12.8 Å². The Balaban J connectivity index is 2.38. The van der Waals surface area contributed by atoms with Gasteiger partial charge < -0.3 is 15.3 Å². The van der Waals surface area contributed by atoms with E-state index >= 15 is 0 Å². The summed E-state index contributed by atoms with van der Waals surface area (Å²) in [7, 11) is 1.90. The Bertz CT molecular complexity index is 308. The highest BCUT2D eigenvalue weighted by atomic mass is 16.3. The Kier molecular flexibility index (Phi) is 6.31. The molecular weight excluding hydrogens is 252 g/mol. The minimum absolute atomic E-state index is 0.0169. The molecule has 0 bridgehead atoms. The lowest BCUT2D eigenvalue weighted by molar-refractivity contribution is 0.124. The van der Waals surface area contributed by atoms with Crippen LogP contribution >= 0.6 is 0 Å². The summed E-state index contributed by atoms with van der Waals surface area (Å²) in [5, 5.41) is 12.5. The van der Waals surface area contributed by atoms with Crippen molar-refractivity contribution in [2.24, 2.45) is 11.3 Å². The number of carbonyl (C=O) groups excluding carboxylic acids is 1. The van der Waals surface area contributed by atoms with Crippen LogP contribution in [0.4, 0.5) is 4.79 Å². The molecule has 0 heterocycles. The van der Waals surface area contributed by atoms with Crippen molar-refractivity contribution in [1.82, 2.24) is 10.2 Å². The van der Waals surface area contributed by atoms with Gasteiger partial charge in [-0.2, -0.15) is 0 Å². The van der Waals surface area contributed by atoms with E-state index in [1.54, 1.807) is 6.92 Å². The van der Waals surface area contributed by atoms with E-state index in [4.69, 9.17) is 0 Å². The van der Waals surface area contributed by atoms with E-state index in [-0.39, 0.29) is 17.6 Å². The van der Waals surface area contributed by atoms with Crippen LogP contribution in [-0.4, -0.2) is 41.8 Å². The maximum atomic E-state index is 12.2. The molecule has 1 aliphatic rings. The summed E-state index contributed by atoms with van der Waals surface area (Å²) in [6, 6.07) is 0.397. The third-order valence-corrected chi connectivity index (χ3v) is 4.42. The van der Waals surface area contributed by atoms with Crippen molar-refractivity contribution in [1.29, 1.82) is 0 Å². The van der Waals surface area contributed by atoms with E-state index < -0.39 is 0 Å². The molecule has 4 nitrogen and oxygen atoms in total. The SMILES string of the molecule is CC(O)CC(C)(C)CNC(=O)N(C)C1CCC(C)CC1. The number of hydrogen-bond acceptors (Lipinski definition) is 2. The fourth-order valence-electron chi connectivity index (χ4n) is 3.11. The highest BCUT2D eigenvalue weighted by Crippen LogP contribution is 2.26. The molecule has 0 aromatic rings. The number of rotatable bonds is 5. The van der Waals surface area contributed by atoms with Crippen LogP contribution in [0.5, 0.6) is 0 Å². The van der Waals surface area contributed by atoms with Crippen LogP contribution in [-0.2, 0) is 0 Å². The number of hydrogen-bond donors (Lipinski definition) is 2. The van der Waals surface area contributed by atoms with Crippen molar-refractivity contribution in [3.8, 4) is 0 Å². The Morgan fingerprint density at radius 3 is 2.40 bits per heavy atom. The first kappa shape index (κ1) is 17.3. The number of nitrogens with zero attached hydrogens (tertiary/aromatic N) is 1. The van der Waals surface area contributed by atoms with E-state index in [1.807, 2.05) is 11.9 Å². The quantitative estimate of drug-likeness (QED) is 0.815. The molecule has 118 valence electrons. The number of nitrogens with one attached hydrogen (secondary N) is 1. The van der Waals surface area contributed by atoms with Crippen LogP contribution in [0.3, 0.4) is 0 Å². The van der Waals surface area contributed by atoms with Crippen LogP contribution < -0.4 is 5.32 Å². The average Bonchev–Trinajstić information content (AvgIpc) is 2.34. The van der Waals surface area contributed by atoms with E-state index in [2.05, 4.69) is 26.1 Å². The average molecular weight is 284 g/mol. The van der Waals surface area contributed by atoms with Gasteiger partial charge in [-0.3, -0.25) is 0 Å². The summed E-state index contributed by atoms with van der Waals surface area (Å²) in [4.78, 5) is 14.1. The van der Waals surface area contributed by atoms with Crippen molar-refractivity contribution >= 4 is 6.03 Å². The second-order valence-electron chi connectivity index (χ2n) is 7.40. The Hall–Kier alpha value is -0.770. The molecule has 2 N–H and O–H groups in total. The second kappa shape index (κ2) is 7.30. The van der Waals surface area contributed by atoms with Gasteiger partial charge in [0.1, 0.15) is 0 Å². The molecule has 0 radical (unpaired) electrons. The lowest BCUT2D eigenvalue weighted by atomic mass is 9.86. The van der Waals surface area contributed by atoms with Gasteiger partial charge in [0.25, 0.3) is 0 Å². The van der Waals surface area contributed by atoms with Gasteiger partial charge in [-0.15, -0.1) is 0 Å². The number of carbonyl (C=O) groups is 1. The first-order valence-electron chi connectivity index (χ1n) is 7.90. The fourth-order valence-corrected chi connectivity index (χ4v) is 3.11. The molecule has 4 heteroatoms. The summed E-state index contributed by atoms with van der Waals surface area (Å²) >= 11 is 0.